The van der Waals surface area contributed by atoms with Gasteiger partial charge < -0.3 is 4.57 Å². The first-order valence-corrected chi connectivity index (χ1v) is 8.77. The Balaban J connectivity index is 1.69. The largest absolute Gasteiger partial charge is 0.343 e. The summed E-state index contributed by atoms with van der Waals surface area (Å²) in [4.78, 5) is 23.5. The van der Waals surface area contributed by atoms with Crippen LogP contribution in [0.3, 0.4) is 0 Å². The number of nitrogens with one attached hydrogen (secondary N) is 1. The molecule has 4 rings (SSSR count). The summed E-state index contributed by atoms with van der Waals surface area (Å²) < 4.78 is 2.12. The zero-order valence-electron chi connectivity index (χ0n) is 13.6. The molecule has 1 fully saturated rings. The van der Waals surface area contributed by atoms with Gasteiger partial charge in [0.25, 0.3) is 11.1 Å². The average Bonchev–Trinajstić information content (AvgIpc) is 3.19. The van der Waals surface area contributed by atoms with E-state index in [-0.39, 0.29) is 11.1 Å². The minimum Gasteiger partial charge on any atom is -0.343 e. The molecule has 0 spiro atoms. The fourth-order valence-electron chi connectivity index (χ4n) is 2.95. The molecule has 1 aliphatic rings. The summed E-state index contributed by atoms with van der Waals surface area (Å²) in [5, 5.41) is 11.8. The molecule has 0 unspecified atom stereocenters. The van der Waals surface area contributed by atoms with Crippen LogP contribution in [-0.2, 0) is 11.3 Å². The molecule has 126 valence electrons. The number of aromatic nitrogens is 1. The van der Waals surface area contributed by atoms with E-state index in [0.717, 1.165) is 33.8 Å². The van der Waals surface area contributed by atoms with Crippen molar-refractivity contribution < 1.29 is 9.59 Å². The molecule has 0 bridgehead atoms. The van der Waals surface area contributed by atoms with E-state index in [1.165, 1.54) is 0 Å². The average molecular weight is 359 g/mol. The van der Waals surface area contributed by atoms with Gasteiger partial charge in [-0.3, -0.25) is 14.9 Å². The first kappa shape index (κ1) is 16.2. The van der Waals surface area contributed by atoms with Gasteiger partial charge in [0.15, 0.2) is 0 Å². The molecule has 0 saturated carbocycles. The van der Waals surface area contributed by atoms with E-state index in [1.807, 2.05) is 54.7 Å². The second kappa shape index (κ2) is 6.54. The van der Waals surface area contributed by atoms with Gasteiger partial charge in [-0.05, 0) is 53.2 Å². The number of hydrogen-bond donors (Lipinski definition) is 1. The fraction of sp³-hybridized carbons (Fsp3) is 0.0500. The van der Waals surface area contributed by atoms with Crippen LogP contribution in [0.1, 0.15) is 16.7 Å². The Morgan fingerprint density at radius 1 is 1.12 bits per heavy atom. The number of carbonyl (C=O) groups is 2. The van der Waals surface area contributed by atoms with Crippen molar-refractivity contribution in [2.24, 2.45) is 0 Å². The molecule has 3 aromatic rings. The Labute approximate surface area is 153 Å². The highest BCUT2D eigenvalue weighted by Gasteiger charge is 2.25. The zero-order chi connectivity index (χ0) is 18.1. The third-order valence-electron chi connectivity index (χ3n) is 4.21. The van der Waals surface area contributed by atoms with E-state index < -0.39 is 0 Å². The molecule has 1 N–H and O–H groups in total. The number of fused-ring (bicyclic) bond motifs is 1. The maximum absolute atomic E-state index is 11.8. The number of hydrogen-bond acceptors (Lipinski definition) is 4. The molecule has 1 aromatic heterocycles. The standard InChI is InChI=1S/C20H13N3O2S/c21-11-13-4-6-14(7-5-13)12-23-9-8-16-15(2-1-3-17(16)23)10-18-19(24)22-20(25)26-18/h1-10H,12H2,(H,22,24,25)/b18-10-. The highest BCUT2D eigenvalue weighted by molar-refractivity contribution is 8.18. The normalized spacial score (nSPS) is 15.4. The number of nitrogens with zero attached hydrogens (tertiary/aromatic N) is 2. The predicted molar refractivity (Wildman–Crippen MR) is 101 cm³/mol. The molecular formula is C20H13N3O2S. The van der Waals surface area contributed by atoms with Crippen LogP contribution < -0.4 is 5.32 Å². The van der Waals surface area contributed by atoms with Crippen molar-refractivity contribution in [3.8, 4) is 6.07 Å². The van der Waals surface area contributed by atoms with Crippen LogP contribution in [0.15, 0.2) is 59.6 Å². The molecule has 2 heterocycles. The van der Waals surface area contributed by atoms with Gasteiger partial charge >= 0.3 is 0 Å². The number of amides is 2. The topological polar surface area (TPSA) is 74.9 Å². The van der Waals surface area contributed by atoms with E-state index in [0.29, 0.717) is 17.0 Å². The van der Waals surface area contributed by atoms with Crippen molar-refractivity contribution in [2.75, 3.05) is 0 Å². The summed E-state index contributed by atoms with van der Waals surface area (Å²) in [5.74, 6) is -0.353. The SMILES string of the molecule is N#Cc1ccc(Cn2ccc3c(/C=C4\SC(=O)NC4=O)cccc32)cc1. The molecule has 26 heavy (non-hydrogen) atoms. The fourth-order valence-corrected chi connectivity index (χ4v) is 3.63. The third-order valence-corrected chi connectivity index (χ3v) is 5.02. The molecule has 6 heteroatoms. The minimum absolute atomic E-state index is 0.341. The van der Waals surface area contributed by atoms with Crippen molar-refractivity contribution in [3.05, 3.63) is 76.3 Å². The highest BCUT2D eigenvalue weighted by atomic mass is 32.2. The second-order valence-corrected chi connectivity index (χ2v) is 6.90. The summed E-state index contributed by atoms with van der Waals surface area (Å²) in [7, 11) is 0. The van der Waals surface area contributed by atoms with E-state index in [2.05, 4.69) is 16.0 Å². The first-order chi connectivity index (χ1) is 12.6. The monoisotopic (exact) mass is 359 g/mol. The van der Waals surface area contributed by atoms with Gasteiger partial charge in [0, 0.05) is 23.6 Å². The van der Waals surface area contributed by atoms with Crippen LogP contribution in [0.2, 0.25) is 0 Å². The van der Waals surface area contributed by atoms with Crippen LogP contribution in [0.4, 0.5) is 4.79 Å². The number of thioether (sulfide) groups is 1. The molecule has 1 aliphatic heterocycles. The van der Waals surface area contributed by atoms with Crippen LogP contribution in [-0.4, -0.2) is 15.7 Å². The van der Waals surface area contributed by atoms with Crippen molar-refractivity contribution in [1.82, 2.24) is 9.88 Å². The zero-order valence-corrected chi connectivity index (χ0v) is 14.4. The maximum Gasteiger partial charge on any atom is 0.290 e. The van der Waals surface area contributed by atoms with Gasteiger partial charge in [-0.1, -0.05) is 24.3 Å². The van der Waals surface area contributed by atoms with Gasteiger partial charge in [0.1, 0.15) is 0 Å². The van der Waals surface area contributed by atoms with Crippen molar-refractivity contribution >= 4 is 39.9 Å². The maximum atomic E-state index is 11.8. The second-order valence-electron chi connectivity index (χ2n) is 5.88. The molecule has 2 aromatic carbocycles. The van der Waals surface area contributed by atoms with E-state index >= 15 is 0 Å². The smallest absolute Gasteiger partial charge is 0.290 e. The lowest BCUT2D eigenvalue weighted by Crippen LogP contribution is -2.17. The molecule has 1 saturated heterocycles. The summed E-state index contributed by atoms with van der Waals surface area (Å²) >= 11 is 0.918. The van der Waals surface area contributed by atoms with Crippen LogP contribution >= 0.6 is 11.8 Å². The van der Waals surface area contributed by atoms with E-state index in [9.17, 15) is 9.59 Å². The third kappa shape index (κ3) is 3.01. The Kier molecular flexibility index (Phi) is 4.07. The van der Waals surface area contributed by atoms with Crippen LogP contribution in [0.25, 0.3) is 17.0 Å². The number of benzene rings is 2. The Hall–Kier alpha value is -3.30. The van der Waals surface area contributed by atoms with Gasteiger partial charge in [-0.25, -0.2) is 0 Å². The van der Waals surface area contributed by atoms with Crippen LogP contribution in [0.5, 0.6) is 0 Å². The van der Waals surface area contributed by atoms with E-state index in [4.69, 9.17) is 5.26 Å². The number of nitriles is 1. The molecule has 2 amide bonds. The summed E-state index contributed by atoms with van der Waals surface area (Å²) in [6, 6.07) is 17.5. The lowest BCUT2D eigenvalue weighted by molar-refractivity contribution is -0.115. The summed E-state index contributed by atoms with van der Waals surface area (Å²) in [5.41, 5.74) is 3.68. The molecule has 0 aliphatic carbocycles. The van der Waals surface area contributed by atoms with Crippen molar-refractivity contribution in [3.63, 3.8) is 0 Å². The van der Waals surface area contributed by atoms with Crippen molar-refractivity contribution in [2.45, 2.75) is 6.54 Å². The summed E-state index contributed by atoms with van der Waals surface area (Å²) in [6.45, 7) is 0.683. The van der Waals surface area contributed by atoms with Gasteiger partial charge in [-0.15, -0.1) is 0 Å². The predicted octanol–water partition coefficient (Wildman–Crippen LogP) is 3.89. The number of rotatable bonds is 3. The molecule has 5 nitrogen and oxygen atoms in total. The number of imide groups is 1. The molecular weight excluding hydrogens is 346 g/mol. The first-order valence-electron chi connectivity index (χ1n) is 7.96. The lowest BCUT2D eigenvalue weighted by atomic mass is 10.1. The Bertz CT molecular complexity index is 1100. The Morgan fingerprint density at radius 2 is 1.92 bits per heavy atom. The summed E-state index contributed by atoms with van der Waals surface area (Å²) in [6.07, 6.45) is 3.75. The lowest BCUT2D eigenvalue weighted by Gasteiger charge is -2.07. The minimum atomic E-state index is -0.353. The van der Waals surface area contributed by atoms with Crippen molar-refractivity contribution in [1.29, 1.82) is 5.26 Å². The molecule has 0 atom stereocenters. The highest BCUT2D eigenvalue weighted by Crippen LogP contribution is 2.29. The van der Waals surface area contributed by atoms with Gasteiger partial charge in [0.05, 0.1) is 16.5 Å². The number of carbonyl (C=O) groups excluding carboxylic acids is 2. The quantitative estimate of drug-likeness (QED) is 0.720. The van der Waals surface area contributed by atoms with Gasteiger partial charge in [0.2, 0.25) is 0 Å². The molecule has 0 radical (unpaired) electrons. The van der Waals surface area contributed by atoms with Crippen LogP contribution in [0, 0.1) is 11.3 Å². The van der Waals surface area contributed by atoms with E-state index in [1.54, 1.807) is 6.08 Å². The van der Waals surface area contributed by atoms with Gasteiger partial charge in [-0.2, -0.15) is 5.26 Å². The Morgan fingerprint density at radius 3 is 2.62 bits per heavy atom.